The molecule has 0 fully saturated rings. The van der Waals surface area contributed by atoms with Crippen LogP contribution in [0.4, 0.5) is 10.4 Å². The molecule has 0 aromatic heterocycles. The molecule has 0 atom stereocenters. The van der Waals surface area contributed by atoms with Crippen LogP contribution in [-0.4, -0.2) is 6.54 Å². The van der Waals surface area contributed by atoms with Crippen LogP contribution in [-0.2, 0) is 0 Å². The molecule has 1 aromatic rings. The lowest BCUT2D eigenvalue weighted by atomic mass is 10.3. The number of para-hydroxylation sites is 1. The van der Waals surface area contributed by atoms with Crippen molar-refractivity contribution >= 4 is 5.69 Å². The Bertz CT molecular complexity index is 186. The molecule has 0 heterocycles. The van der Waals surface area contributed by atoms with Gasteiger partial charge >= 0.3 is 0 Å². The van der Waals surface area contributed by atoms with E-state index < -0.39 is 0 Å². The van der Waals surface area contributed by atoms with Crippen LogP contribution in [0.5, 0.6) is 0 Å². The van der Waals surface area contributed by atoms with Gasteiger partial charge in [0.1, 0.15) is 0 Å². The number of hydrogen-bond acceptors (Lipinski definition) is 1. The molecule has 0 amide bonds. The molecule has 1 nitrogen and oxygen atoms in total. The zero-order valence-corrected chi connectivity index (χ0v) is 7.42. The lowest BCUT2D eigenvalue weighted by molar-refractivity contribution is 0.834. The number of hydrogen-bond donors (Lipinski definition) is 1. The topological polar surface area (TPSA) is 12.0 Å². The Labute approximate surface area is 73.2 Å². The average Bonchev–Trinajstić information content (AvgIpc) is 2.07. The standard InChI is InChI=1S/C10H15N.FH/c1-2-3-9-11-10-7-5-4-6-8-10;/h4-8,11H,2-3,9H2,1H3;1H. The lowest BCUT2D eigenvalue weighted by Gasteiger charge is -2.03. The van der Waals surface area contributed by atoms with E-state index in [1.807, 2.05) is 18.2 Å². The van der Waals surface area contributed by atoms with Crippen molar-refractivity contribution in [3.8, 4) is 0 Å². The summed E-state index contributed by atoms with van der Waals surface area (Å²) in [5, 5.41) is 3.35. The predicted molar refractivity (Wildman–Crippen MR) is 52.3 cm³/mol. The molecular formula is C10H16FN. The van der Waals surface area contributed by atoms with Crippen LogP contribution < -0.4 is 5.32 Å². The van der Waals surface area contributed by atoms with E-state index >= 15 is 0 Å². The molecule has 0 aliphatic rings. The van der Waals surface area contributed by atoms with Gasteiger partial charge in [-0.05, 0) is 18.6 Å². The highest BCUT2D eigenvalue weighted by molar-refractivity contribution is 5.42. The molecule has 0 unspecified atom stereocenters. The molecule has 0 aliphatic carbocycles. The minimum absolute atomic E-state index is 0. The monoisotopic (exact) mass is 169 g/mol. The Kier molecular flexibility index (Phi) is 6.07. The van der Waals surface area contributed by atoms with Gasteiger partial charge in [-0.15, -0.1) is 0 Å². The molecule has 1 aromatic carbocycles. The molecule has 0 aliphatic heterocycles. The second-order valence-corrected chi connectivity index (χ2v) is 2.65. The van der Waals surface area contributed by atoms with Gasteiger partial charge in [-0.25, -0.2) is 0 Å². The van der Waals surface area contributed by atoms with Gasteiger partial charge in [-0.3, -0.25) is 4.70 Å². The van der Waals surface area contributed by atoms with Crippen molar-refractivity contribution in [3.05, 3.63) is 30.3 Å². The third-order valence-electron chi connectivity index (χ3n) is 1.63. The van der Waals surface area contributed by atoms with Gasteiger partial charge in [-0.2, -0.15) is 0 Å². The molecule has 0 saturated heterocycles. The van der Waals surface area contributed by atoms with E-state index in [-0.39, 0.29) is 4.70 Å². The number of rotatable bonds is 4. The fourth-order valence-electron chi connectivity index (χ4n) is 0.966. The maximum absolute atomic E-state index is 3.35. The Balaban J connectivity index is 0.00000121. The summed E-state index contributed by atoms with van der Waals surface area (Å²) in [5.41, 5.74) is 1.22. The van der Waals surface area contributed by atoms with Crippen molar-refractivity contribution in [2.75, 3.05) is 11.9 Å². The minimum atomic E-state index is 0. The van der Waals surface area contributed by atoms with Gasteiger partial charge in [0, 0.05) is 12.2 Å². The highest BCUT2D eigenvalue weighted by Crippen LogP contribution is 2.04. The van der Waals surface area contributed by atoms with E-state index in [9.17, 15) is 0 Å². The van der Waals surface area contributed by atoms with Gasteiger partial charge in [-0.1, -0.05) is 31.5 Å². The molecule has 1 rings (SSSR count). The maximum atomic E-state index is 3.35. The first-order chi connectivity index (χ1) is 5.43. The maximum Gasteiger partial charge on any atom is 0.0340 e. The summed E-state index contributed by atoms with van der Waals surface area (Å²) in [4.78, 5) is 0. The SMILES string of the molecule is CCCCNc1ccccc1.F. The van der Waals surface area contributed by atoms with Crippen LogP contribution in [0.1, 0.15) is 19.8 Å². The molecule has 0 saturated carbocycles. The third-order valence-corrected chi connectivity index (χ3v) is 1.63. The van der Waals surface area contributed by atoms with Crippen molar-refractivity contribution in [1.82, 2.24) is 0 Å². The largest absolute Gasteiger partial charge is 0.385 e. The zero-order valence-electron chi connectivity index (χ0n) is 7.42. The van der Waals surface area contributed by atoms with E-state index in [1.165, 1.54) is 18.5 Å². The number of unbranched alkanes of at least 4 members (excludes halogenated alkanes) is 1. The summed E-state index contributed by atoms with van der Waals surface area (Å²) in [6.07, 6.45) is 2.49. The predicted octanol–water partition coefficient (Wildman–Crippen LogP) is 3.05. The van der Waals surface area contributed by atoms with Crippen molar-refractivity contribution in [2.24, 2.45) is 0 Å². The smallest absolute Gasteiger partial charge is 0.0340 e. The van der Waals surface area contributed by atoms with Crippen molar-refractivity contribution in [1.29, 1.82) is 0 Å². The molecular weight excluding hydrogens is 153 g/mol. The van der Waals surface area contributed by atoms with Crippen molar-refractivity contribution in [2.45, 2.75) is 19.8 Å². The van der Waals surface area contributed by atoms with Crippen LogP contribution in [0.25, 0.3) is 0 Å². The Morgan fingerprint density at radius 2 is 1.83 bits per heavy atom. The van der Waals surface area contributed by atoms with Gasteiger partial charge in [0.2, 0.25) is 0 Å². The van der Waals surface area contributed by atoms with E-state index in [2.05, 4.69) is 24.4 Å². The summed E-state index contributed by atoms with van der Waals surface area (Å²) >= 11 is 0. The van der Waals surface area contributed by atoms with Crippen LogP contribution >= 0.6 is 0 Å². The van der Waals surface area contributed by atoms with Gasteiger partial charge in [0.05, 0.1) is 0 Å². The van der Waals surface area contributed by atoms with Crippen molar-refractivity contribution < 1.29 is 4.70 Å². The first-order valence-corrected chi connectivity index (χ1v) is 4.22. The van der Waals surface area contributed by atoms with Gasteiger partial charge < -0.3 is 5.32 Å². The van der Waals surface area contributed by atoms with E-state index in [4.69, 9.17) is 0 Å². The zero-order chi connectivity index (χ0) is 7.94. The normalized spacial score (nSPS) is 8.75. The molecule has 2 heteroatoms. The van der Waals surface area contributed by atoms with E-state index in [0.717, 1.165) is 6.54 Å². The Morgan fingerprint density at radius 3 is 2.42 bits per heavy atom. The minimum Gasteiger partial charge on any atom is -0.385 e. The molecule has 0 spiro atoms. The quantitative estimate of drug-likeness (QED) is 0.683. The molecule has 0 bridgehead atoms. The van der Waals surface area contributed by atoms with Crippen LogP contribution in [0, 0.1) is 0 Å². The summed E-state index contributed by atoms with van der Waals surface area (Å²) in [6.45, 7) is 3.28. The van der Waals surface area contributed by atoms with Crippen LogP contribution in [0.3, 0.4) is 0 Å². The summed E-state index contributed by atoms with van der Waals surface area (Å²) in [5.74, 6) is 0. The second kappa shape index (κ2) is 6.65. The lowest BCUT2D eigenvalue weighted by Crippen LogP contribution is -1.99. The molecule has 12 heavy (non-hydrogen) atoms. The number of halogens is 1. The highest BCUT2D eigenvalue weighted by atomic mass is 19.0. The fourth-order valence-corrected chi connectivity index (χ4v) is 0.966. The van der Waals surface area contributed by atoms with E-state index in [1.54, 1.807) is 0 Å². The Morgan fingerprint density at radius 1 is 1.17 bits per heavy atom. The fraction of sp³-hybridized carbons (Fsp3) is 0.400. The number of anilines is 1. The molecule has 1 N–H and O–H groups in total. The first-order valence-electron chi connectivity index (χ1n) is 4.22. The third kappa shape index (κ3) is 3.96. The summed E-state index contributed by atoms with van der Waals surface area (Å²) in [7, 11) is 0. The summed E-state index contributed by atoms with van der Waals surface area (Å²) < 4.78 is 0. The summed E-state index contributed by atoms with van der Waals surface area (Å²) in [6, 6.07) is 10.3. The number of nitrogens with one attached hydrogen (secondary N) is 1. The van der Waals surface area contributed by atoms with Gasteiger partial charge in [0.25, 0.3) is 0 Å². The molecule has 0 radical (unpaired) electrons. The average molecular weight is 169 g/mol. The first kappa shape index (κ1) is 11.0. The molecule has 68 valence electrons. The van der Waals surface area contributed by atoms with Crippen molar-refractivity contribution in [3.63, 3.8) is 0 Å². The van der Waals surface area contributed by atoms with Crippen LogP contribution in [0.15, 0.2) is 30.3 Å². The highest BCUT2D eigenvalue weighted by Gasteiger charge is 1.86. The van der Waals surface area contributed by atoms with E-state index in [0.29, 0.717) is 0 Å². The van der Waals surface area contributed by atoms with Crippen LogP contribution in [0.2, 0.25) is 0 Å². The van der Waals surface area contributed by atoms with Gasteiger partial charge in [0.15, 0.2) is 0 Å². The Hall–Kier alpha value is -1.05. The second-order valence-electron chi connectivity index (χ2n) is 2.65. The number of benzene rings is 1.